The zero-order chi connectivity index (χ0) is 14.0. The van der Waals surface area contributed by atoms with E-state index in [-0.39, 0.29) is 12.6 Å². The number of rotatable bonds is 3. The van der Waals surface area contributed by atoms with Crippen LogP contribution in [0.25, 0.3) is 0 Å². The number of aromatic nitrogens is 1. The molecule has 6 nitrogen and oxygen atoms in total. The quantitative estimate of drug-likeness (QED) is 0.866. The Bertz CT molecular complexity index is 538. The van der Waals surface area contributed by atoms with E-state index < -0.39 is 11.9 Å². The number of carbonyl (C=O) groups is 1. The van der Waals surface area contributed by atoms with Crippen molar-refractivity contribution in [3.05, 3.63) is 23.4 Å². The molecule has 2 atom stereocenters. The average molecular weight is 261 g/mol. The number of hydrogen-bond donors (Lipinski definition) is 1. The van der Waals surface area contributed by atoms with Crippen molar-refractivity contribution in [2.45, 2.75) is 13.0 Å². The highest BCUT2D eigenvalue weighted by Gasteiger charge is 2.37. The number of likely N-dealkylation sites (N-methyl/N-ethyl adjacent to an activating group) is 1. The summed E-state index contributed by atoms with van der Waals surface area (Å²) in [5.74, 6) is -0.983. The Balaban J connectivity index is 2.34. The van der Waals surface area contributed by atoms with Crippen molar-refractivity contribution in [2.24, 2.45) is 5.92 Å². The molecule has 1 aliphatic heterocycles. The van der Waals surface area contributed by atoms with E-state index in [4.69, 9.17) is 15.1 Å². The maximum atomic E-state index is 11.2. The van der Waals surface area contributed by atoms with E-state index in [1.54, 1.807) is 24.1 Å². The number of nitrogens with zero attached hydrogens (tertiary/aromatic N) is 3. The molecule has 0 aromatic carbocycles. The number of hydrogen-bond acceptors (Lipinski definition) is 5. The number of carboxylic acid groups (broad SMARTS) is 1. The van der Waals surface area contributed by atoms with E-state index in [0.29, 0.717) is 18.0 Å². The average Bonchev–Trinajstić information content (AvgIpc) is 2.87. The van der Waals surface area contributed by atoms with Crippen LogP contribution in [0.15, 0.2) is 12.1 Å². The van der Waals surface area contributed by atoms with E-state index in [1.807, 2.05) is 6.92 Å². The standard InChI is InChI=1S/C13H15N3O3/c1-8-3-4-9(5-14)12(15-8)16(2)11-7-19-6-10(11)13(17)18/h3-4,10-11H,6-7H2,1-2H3,(H,17,18). The van der Waals surface area contributed by atoms with Gasteiger partial charge in [-0.2, -0.15) is 5.26 Å². The van der Waals surface area contributed by atoms with Gasteiger partial charge in [0.1, 0.15) is 17.8 Å². The minimum atomic E-state index is -0.888. The SMILES string of the molecule is Cc1ccc(C#N)c(N(C)C2COCC2C(=O)O)n1. The van der Waals surface area contributed by atoms with E-state index >= 15 is 0 Å². The topological polar surface area (TPSA) is 86.5 Å². The molecule has 2 rings (SSSR count). The van der Waals surface area contributed by atoms with E-state index in [2.05, 4.69) is 11.1 Å². The summed E-state index contributed by atoms with van der Waals surface area (Å²) in [6.45, 7) is 2.35. The fraction of sp³-hybridized carbons (Fsp3) is 0.462. The summed E-state index contributed by atoms with van der Waals surface area (Å²) in [7, 11) is 1.75. The molecule has 1 saturated heterocycles. The smallest absolute Gasteiger partial charge is 0.311 e. The largest absolute Gasteiger partial charge is 0.481 e. The van der Waals surface area contributed by atoms with Crippen LogP contribution in [-0.4, -0.2) is 42.4 Å². The van der Waals surface area contributed by atoms with Gasteiger partial charge in [0, 0.05) is 12.7 Å². The van der Waals surface area contributed by atoms with Crippen molar-refractivity contribution < 1.29 is 14.6 Å². The normalized spacial score (nSPS) is 21.9. The van der Waals surface area contributed by atoms with Gasteiger partial charge in [-0.05, 0) is 19.1 Å². The first kappa shape index (κ1) is 13.3. The lowest BCUT2D eigenvalue weighted by Gasteiger charge is -2.28. The zero-order valence-corrected chi connectivity index (χ0v) is 10.8. The highest BCUT2D eigenvalue weighted by Crippen LogP contribution is 2.25. The van der Waals surface area contributed by atoms with E-state index in [1.165, 1.54) is 0 Å². The predicted molar refractivity (Wildman–Crippen MR) is 67.8 cm³/mol. The van der Waals surface area contributed by atoms with Crippen LogP contribution in [0, 0.1) is 24.2 Å². The molecule has 100 valence electrons. The molecule has 0 bridgehead atoms. The van der Waals surface area contributed by atoms with Crippen LogP contribution in [0.4, 0.5) is 5.82 Å². The fourth-order valence-electron chi connectivity index (χ4n) is 2.22. The van der Waals surface area contributed by atoms with Gasteiger partial charge in [0.25, 0.3) is 0 Å². The van der Waals surface area contributed by atoms with Crippen molar-refractivity contribution in [3.63, 3.8) is 0 Å². The molecular formula is C13H15N3O3. The molecule has 6 heteroatoms. The van der Waals surface area contributed by atoms with Crippen molar-refractivity contribution in [1.82, 2.24) is 4.98 Å². The number of ether oxygens (including phenoxy) is 1. The molecule has 2 heterocycles. The number of carboxylic acids is 1. The van der Waals surface area contributed by atoms with Crippen LogP contribution < -0.4 is 4.90 Å². The minimum absolute atomic E-state index is 0.193. The van der Waals surface area contributed by atoms with Gasteiger partial charge in [-0.3, -0.25) is 4.79 Å². The number of aliphatic carboxylic acids is 1. The third kappa shape index (κ3) is 2.51. The van der Waals surface area contributed by atoms with Gasteiger partial charge in [-0.15, -0.1) is 0 Å². The van der Waals surface area contributed by atoms with Crippen LogP contribution in [0.3, 0.4) is 0 Å². The lowest BCUT2D eigenvalue weighted by Crippen LogP contribution is -2.41. The summed E-state index contributed by atoms with van der Waals surface area (Å²) >= 11 is 0. The molecule has 1 aromatic rings. The van der Waals surface area contributed by atoms with Crippen molar-refractivity contribution >= 4 is 11.8 Å². The Morgan fingerprint density at radius 2 is 2.32 bits per heavy atom. The number of anilines is 1. The molecule has 1 aliphatic rings. The van der Waals surface area contributed by atoms with Crippen LogP contribution in [0.2, 0.25) is 0 Å². The van der Waals surface area contributed by atoms with Crippen LogP contribution >= 0.6 is 0 Å². The van der Waals surface area contributed by atoms with Gasteiger partial charge in [0.2, 0.25) is 0 Å². The van der Waals surface area contributed by atoms with Gasteiger partial charge in [0.05, 0.1) is 24.8 Å². The lowest BCUT2D eigenvalue weighted by molar-refractivity contribution is -0.141. The molecule has 0 aliphatic carbocycles. The summed E-state index contributed by atoms with van der Waals surface area (Å²) in [6.07, 6.45) is 0. The van der Waals surface area contributed by atoms with E-state index in [9.17, 15) is 4.79 Å². The molecule has 0 amide bonds. The summed E-state index contributed by atoms with van der Waals surface area (Å²) in [5.41, 5.74) is 1.22. The Labute approximate surface area is 111 Å². The zero-order valence-electron chi connectivity index (χ0n) is 10.8. The lowest BCUT2D eigenvalue weighted by atomic mass is 10.0. The summed E-state index contributed by atoms with van der Waals surface area (Å²) < 4.78 is 5.24. The van der Waals surface area contributed by atoms with Crippen molar-refractivity contribution in [3.8, 4) is 6.07 Å². The first-order valence-electron chi connectivity index (χ1n) is 5.95. The molecule has 1 aromatic heterocycles. The number of nitriles is 1. The van der Waals surface area contributed by atoms with Crippen LogP contribution in [-0.2, 0) is 9.53 Å². The summed E-state index contributed by atoms with van der Waals surface area (Å²) in [6, 6.07) is 5.23. The third-order valence-corrected chi connectivity index (χ3v) is 3.33. The van der Waals surface area contributed by atoms with Gasteiger partial charge < -0.3 is 14.7 Å². The second-order valence-corrected chi connectivity index (χ2v) is 4.60. The maximum Gasteiger partial charge on any atom is 0.311 e. The maximum absolute atomic E-state index is 11.2. The Hall–Kier alpha value is -2.13. The number of aryl methyl sites for hydroxylation is 1. The first-order valence-corrected chi connectivity index (χ1v) is 5.95. The Kier molecular flexibility index (Phi) is 3.67. The molecule has 2 unspecified atom stereocenters. The molecular weight excluding hydrogens is 246 g/mol. The van der Waals surface area contributed by atoms with Crippen molar-refractivity contribution in [1.29, 1.82) is 5.26 Å². The summed E-state index contributed by atoms with van der Waals surface area (Å²) in [5, 5.41) is 18.3. The molecule has 1 fully saturated rings. The first-order chi connectivity index (χ1) is 9.04. The summed E-state index contributed by atoms with van der Waals surface area (Å²) in [4.78, 5) is 17.2. The molecule has 1 N–H and O–H groups in total. The van der Waals surface area contributed by atoms with E-state index in [0.717, 1.165) is 5.69 Å². The minimum Gasteiger partial charge on any atom is -0.481 e. The van der Waals surface area contributed by atoms with Crippen molar-refractivity contribution in [2.75, 3.05) is 25.2 Å². The van der Waals surface area contributed by atoms with Gasteiger partial charge >= 0.3 is 5.97 Å². The third-order valence-electron chi connectivity index (χ3n) is 3.33. The fourth-order valence-corrected chi connectivity index (χ4v) is 2.22. The second-order valence-electron chi connectivity index (χ2n) is 4.60. The van der Waals surface area contributed by atoms with Crippen LogP contribution in [0.1, 0.15) is 11.3 Å². The Morgan fingerprint density at radius 1 is 1.58 bits per heavy atom. The molecule has 0 saturated carbocycles. The second kappa shape index (κ2) is 5.24. The van der Waals surface area contributed by atoms with Gasteiger partial charge in [0.15, 0.2) is 0 Å². The molecule has 0 spiro atoms. The van der Waals surface area contributed by atoms with Gasteiger partial charge in [-0.25, -0.2) is 4.98 Å². The van der Waals surface area contributed by atoms with Crippen LogP contribution in [0.5, 0.6) is 0 Å². The van der Waals surface area contributed by atoms with Gasteiger partial charge in [-0.1, -0.05) is 0 Å². The number of pyridine rings is 1. The highest BCUT2D eigenvalue weighted by molar-refractivity contribution is 5.72. The highest BCUT2D eigenvalue weighted by atomic mass is 16.5. The molecule has 0 radical (unpaired) electrons. The Morgan fingerprint density at radius 3 is 2.95 bits per heavy atom. The predicted octanol–water partition coefficient (Wildman–Crippen LogP) is 0.798. The monoisotopic (exact) mass is 261 g/mol. The molecule has 19 heavy (non-hydrogen) atoms.